The highest BCUT2D eigenvalue weighted by Gasteiger charge is 2.40. The molecule has 2 aliphatic rings. The van der Waals surface area contributed by atoms with E-state index in [2.05, 4.69) is 0 Å². The number of carbonyl (C=O) groups is 2. The predicted molar refractivity (Wildman–Crippen MR) is 91.9 cm³/mol. The minimum absolute atomic E-state index is 0.0269. The first-order valence-corrected chi connectivity index (χ1v) is 8.82. The molecule has 2 N–H and O–H groups in total. The van der Waals surface area contributed by atoms with Gasteiger partial charge in [-0.05, 0) is 43.7 Å². The number of hydrogen-bond donors (Lipinski definition) is 1. The molecular formula is C18H23ClN2O3. The standard InChI is InChI=1S/C18H23ClN2O3/c1-11-3-2-4-13(15(11)19)18(23)21-8-5-12(6-9-21)16-14(17(20)22)7-10-24-16/h2-4,12,14,16H,5-10H2,1H3,(H2,20,22)/t14-,16+/m0/s1. The number of rotatable bonds is 3. The van der Waals surface area contributed by atoms with Gasteiger partial charge in [0.25, 0.3) is 5.91 Å². The number of hydrogen-bond acceptors (Lipinski definition) is 3. The highest BCUT2D eigenvalue weighted by Crippen LogP contribution is 2.33. The number of piperidine rings is 1. The van der Waals surface area contributed by atoms with Gasteiger partial charge in [0.1, 0.15) is 0 Å². The van der Waals surface area contributed by atoms with Crippen LogP contribution < -0.4 is 5.73 Å². The summed E-state index contributed by atoms with van der Waals surface area (Å²) in [6, 6.07) is 5.52. The third kappa shape index (κ3) is 3.28. The molecule has 0 unspecified atom stereocenters. The van der Waals surface area contributed by atoms with Crippen LogP contribution in [-0.4, -0.2) is 42.5 Å². The van der Waals surface area contributed by atoms with Crippen LogP contribution in [0.3, 0.4) is 0 Å². The average Bonchev–Trinajstić information content (AvgIpc) is 3.07. The molecule has 130 valence electrons. The zero-order valence-corrected chi connectivity index (χ0v) is 14.6. The number of likely N-dealkylation sites (tertiary alicyclic amines) is 1. The number of primary amides is 1. The average molecular weight is 351 g/mol. The van der Waals surface area contributed by atoms with Crippen molar-refractivity contribution in [1.82, 2.24) is 4.90 Å². The van der Waals surface area contributed by atoms with Crippen molar-refractivity contribution in [3.63, 3.8) is 0 Å². The van der Waals surface area contributed by atoms with Gasteiger partial charge in [-0.25, -0.2) is 0 Å². The Balaban J connectivity index is 1.64. The zero-order chi connectivity index (χ0) is 17.3. The van der Waals surface area contributed by atoms with Crippen molar-refractivity contribution in [2.24, 2.45) is 17.6 Å². The van der Waals surface area contributed by atoms with Crippen molar-refractivity contribution in [2.75, 3.05) is 19.7 Å². The summed E-state index contributed by atoms with van der Waals surface area (Å²) in [5.74, 6) is -0.214. The van der Waals surface area contributed by atoms with Crippen LogP contribution in [0.15, 0.2) is 18.2 Å². The maximum atomic E-state index is 12.7. The molecular weight excluding hydrogens is 328 g/mol. The van der Waals surface area contributed by atoms with Crippen molar-refractivity contribution >= 4 is 23.4 Å². The molecule has 1 aromatic carbocycles. The second-order valence-electron chi connectivity index (χ2n) is 6.70. The Hall–Kier alpha value is -1.59. The van der Waals surface area contributed by atoms with Crippen LogP contribution in [0.4, 0.5) is 0 Å². The van der Waals surface area contributed by atoms with Gasteiger partial charge in [0, 0.05) is 19.7 Å². The zero-order valence-electron chi connectivity index (χ0n) is 13.8. The number of benzene rings is 1. The normalized spacial score (nSPS) is 25.0. The van der Waals surface area contributed by atoms with Crippen LogP contribution in [0.5, 0.6) is 0 Å². The molecule has 0 radical (unpaired) electrons. The van der Waals surface area contributed by atoms with Crippen molar-refractivity contribution < 1.29 is 14.3 Å². The van der Waals surface area contributed by atoms with Gasteiger partial charge >= 0.3 is 0 Å². The molecule has 2 heterocycles. The molecule has 24 heavy (non-hydrogen) atoms. The van der Waals surface area contributed by atoms with Crippen molar-refractivity contribution in [2.45, 2.75) is 32.3 Å². The monoisotopic (exact) mass is 350 g/mol. The number of amides is 2. The number of nitrogens with two attached hydrogens (primary N) is 1. The fraction of sp³-hybridized carbons (Fsp3) is 0.556. The van der Waals surface area contributed by atoms with Gasteiger partial charge in [0.15, 0.2) is 0 Å². The van der Waals surface area contributed by atoms with Crippen LogP contribution in [0, 0.1) is 18.8 Å². The third-order valence-corrected chi connectivity index (χ3v) is 5.72. The van der Waals surface area contributed by atoms with E-state index in [0.717, 1.165) is 18.4 Å². The van der Waals surface area contributed by atoms with E-state index in [1.807, 2.05) is 24.0 Å². The van der Waals surface area contributed by atoms with E-state index in [-0.39, 0.29) is 29.8 Å². The third-order valence-electron chi connectivity index (χ3n) is 5.21. The molecule has 0 aromatic heterocycles. The van der Waals surface area contributed by atoms with Gasteiger partial charge in [0.05, 0.1) is 22.6 Å². The number of halogens is 1. The van der Waals surface area contributed by atoms with E-state index in [0.29, 0.717) is 36.7 Å². The fourth-order valence-electron chi connectivity index (χ4n) is 3.79. The van der Waals surface area contributed by atoms with Gasteiger partial charge in [0.2, 0.25) is 5.91 Å². The van der Waals surface area contributed by atoms with E-state index in [4.69, 9.17) is 22.1 Å². The van der Waals surface area contributed by atoms with E-state index < -0.39 is 0 Å². The molecule has 6 heteroatoms. The first-order valence-electron chi connectivity index (χ1n) is 8.44. The summed E-state index contributed by atoms with van der Waals surface area (Å²) in [5.41, 5.74) is 6.94. The maximum absolute atomic E-state index is 12.7. The first kappa shape index (κ1) is 17.2. The van der Waals surface area contributed by atoms with E-state index in [9.17, 15) is 9.59 Å². The molecule has 0 saturated carbocycles. The number of nitrogens with zero attached hydrogens (tertiary/aromatic N) is 1. The Morgan fingerprint density at radius 3 is 2.62 bits per heavy atom. The van der Waals surface area contributed by atoms with Crippen LogP contribution in [0.2, 0.25) is 5.02 Å². The van der Waals surface area contributed by atoms with Gasteiger partial charge in [-0.1, -0.05) is 23.7 Å². The molecule has 0 bridgehead atoms. The topological polar surface area (TPSA) is 72.6 Å². The highest BCUT2D eigenvalue weighted by molar-refractivity contribution is 6.34. The molecule has 2 atom stereocenters. The minimum atomic E-state index is -0.275. The van der Waals surface area contributed by atoms with Crippen molar-refractivity contribution in [3.05, 3.63) is 34.3 Å². The van der Waals surface area contributed by atoms with E-state index in [1.165, 1.54) is 0 Å². The Kier molecular flexibility index (Phi) is 5.11. The van der Waals surface area contributed by atoms with E-state index in [1.54, 1.807) is 6.07 Å². The van der Waals surface area contributed by atoms with E-state index >= 15 is 0 Å². The Bertz CT molecular complexity index is 641. The SMILES string of the molecule is Cc1cccc(C(=O)N2CCC([C@H]3OCC[C@@H]3C(N)=O)CC2)c1Cl. The molecule has 2 amide bonds. The number of aryl methyl sites for hydroxylation is 1. The summed E-state index contributed by atoms with van der Waals surface area (Å²) < 4.78 is 5.76. The second-order valence-corrected chi connectivity index (χ2v) is 7.08. The molecule has 1 aromatic rings. The Labute approximate surface area is 147 Å². The Morgan fingerprint density at radius 1 is 1.25 bits per heavy atom. The largest absolute Gasteiger partial charge is 0.377 e. The van der Waals surface area contributed by atoms with Gasteiger partial charge in [-0.15, -0.1) is 0 Å². The van der Waals surface area contributed by atoms with Crippen LogP contribution in [-0.2, 0) is 9.53 Å². The molecule has 2 aliphatic heterocycles. The summed E-state index contributed by atoms with van der Waals surface area (Å²) >= 11 is 6.27. The highest BCUT2D eigenvalue weighted by atomic mass is 35.5. The predicted octanol–water partition coefficient (Wildman–Crippen LogP) is 2.39. The minimum Gasteiger partial charge on any atom is -0.377 e. The molecule has 0 aliphatic carbocycles. The van der Waals surface area contributed by atoms with Crippen LogP contribution in [0.1, 0.15) is 35.2 Å². The van der Waals surface area contributed by atoms with Crippen LogP contribution in [0.25, 0.3) is 0 Å². The fourth-order valence-corrected chi connectivity index (χ4v) is 4.00. The maximum Gasteiger partial charge on any atom is 0.255 e. The Morgan fingerprint density at radius 2 is 1.96 bits per heavy atom. The lowest BCUT2D eigenvalue weighted by atomic mass is 9.84. The summed E-state index contributed by atoms with van der Waals surface area (Å²) in [5, 5.41) is 0.526. The molecule has 5 nitrogen and oxygen atoms in total. The number of ether oxygens (including phenoxy) is 1. The van der Waals surface area contributed by atoms with Gasteiger partial charge < -0.3 is 15.4 Å². The summed E-state index contributed by atoms with van der Waals surface area (Å²) in [6.07, 6.45) is 2.26. The quantitative estimate of drug-likeness (QED) is 0.909. The lowest BCUT2D eigenvalue weighted by Crippen LogP contribution is -2.44. The molecule has 2 saturated heterocycles. The molecule has 2 fully saturated rings. The van der Waals surface area contributed by atoms with Crippen LogP contribution >= 0.6 is 11.6 Å². The smallest absolute Gasteiger partial charge is 0.255 e. The lowest BCUT2D eigenvalue weighted by Gasteiger charge is -2.36. The lowest BCUT2D eigenvalue weighted by molar-refractivity contribution is -0.124. The van der Waals surface area contributed by atoms with Gasteiger partial charge in [-0.2, -0.15) is 0 Å². The second kappa shape index (κ2) is 7.11. The molecule has 0 spiro atoms. The molecule has 3 rings (SSSR count). The van der Waals surface area contributed by atoms with Gasteiger partial charge in [-0.3, -0.25) is 9.59 Å². The van der Waals surface area contributed by atoms with Crippen molar-refractivity contribution in [1.29, 1.82) is 0 Å². The number of carbonyl (C=O) groups excluding carboxylic acids is 2. The first-order chi connectivity index (χ1) is 11.5. The summed E-state index contributed by atoms with van der Waals surface area (Å²) in [7, 11) is 0. The summed E-state index contributed by atoms with van der Waals surface area (Å²) in [4.78, 5) is 26.1. The summed E-state index contributed by atoms with van der Waals surface area (Å²) in [6.45, 7) is 3.79. The van der Waals surface area contributed by atoms with Crippen molar-refractivity contribution in [3.8, 4) is 0 Å².